The molecule has 1 aliphatic rings. The molecule has 7 heteroatoms. The highest BCUT2D eigenvalue weighted by Gasteiger charge is 2.23. The van der Waals surface area contributed by atoms with Crippen LogP contribution in [-0.2, 0) is 11.4 Å². The molecule has 2 aromatic rings. The number of nitrogens with two attached hydrogens (primary N) is 1. The number of nitrogens with zero attached hydrogens (tertiary/aromatic N) is 1. The van der Waals surface area contributed by atoms with Gasteiger partial charge in [0.2, 0.25) is 5.91 Å². The molecule has 0 atom stereocenters. The van der Waals surface area contributed by atoms with Gasteiger partial charge in [0.05, 0.1) is 12.1 Å². The fourth-order valence-corrected chi connectivity index (χ4v) is 3.46. The van der Waals surface area contributed by atoms with Gasteiger partial charge in [-0.1, -0.05) is 41.9 Å². The number of hydrogen-bond acceptors (Lipinski definition) is 4. The fraction of sp³-hybridized carbons (Fsp3) is 0.333. The average molecular weight is 402 g/mol. The molecule has 0 aromatic heterocycles. The Morgan fingerprint density at radius 3 is 2.50 bits per heavy atom. The van der Waals surface area contributed by atoms with Gasteiger partial charge < -0.3 is 15.8 Å². The third-order valence-electron chi connectivity index (χ3n) is 4.77. The average Bonchev–Trinajstić information content (AvgIpc) is 2.69. The van der Waals surface area contributed by atoms with Crippen LogP contribution in [0.3, 0.4) is 0 Å². The van der Waals surface area contributed by atoms with Crippen LogP contribution in [0.4, 0.5) is 0 Å². The Kier molecular flexibility index (Phi) is 6.90. The second-order valence-corrected chi connectivity index (χ2v) is 7.27. The van der Waals surface area contributed by atoms with E-state index in [0.29, 0.717) is 16.3 Å². The number of carbonyl (C=O) groups excluding carboxylic acids is 2. The molecule has 2 aromatic carbocycles. The minimum atomic E-state index is -0.327. The molecule has 28 heavy (non-hydrogen) atoms. The van der Waals surface area contributed by atoms with Crippen molar-refractivity contribution in [2.75, 3.05) is 19.6 Å². The summed E-state index contributed by atoms with van der Waals surface area (Å²) in [7, 11) is 0. The van der Waals surface area contributed by atoms with Crippen molar-refractivity contribution in [1.29, 1.82) is 0 Å². The summed E-state index contributed by atoms with van der Waals surface area (Å²) in [6, 6.07) is 14.7. The number of primary amides is 1. The number of carbonyl (C=O) groups is 2. The van der Waals surface area contributed by atoms with E-state index >= 15 is 0 Å². The largest absolute Gasteiger partial charge is 0.488 e. The number of likely N-dealkylation sites (tertiary alicyclic amines) is 1. The number of ether oxygens (including phenoxy) is 1. The Morgan fingerprint density at radius 1 is 1.11 bits per heavy atom. The molecular formula is C21H24ClN3O3. The predicted molar refractivity (Wildman–Crippen MR) is 108 cm³/mol. The number of benzene rings is 2. The standard InChI is InChI=1S/C21H24ClN3O3/c22-18-7-3-1-5-15(18)14-28-19-8-4-2-6-17(19)21(27)24-16-9-11-25(12-10-16)13-20(23)26/h1-8,16H,9-14H2,(H2,23,26)(H,24,27). The maximum atomic E-state index is 12.8. The first-order valence-corrected chi connectivity index (χ1v) is 9.67. The van der Waals surface area contributed by atoms with Crippen molar-refractivity contribution in [1.82, 2.24) is 10.2 Å². The van der Waals surface area contributed by atoms with Gasteiger partial charge in [0.25, 0.3) is 5.91 Å². The van der Waals surface area contributed by atoms with Gasteiger partial charge in [-0.15, -0.1) is 0 Å². The lowest BCUT2D eigenvalue weighted by atomic mass is 10.0. The molecule has 1 heterocycles. The Labute approximate surface area is 169 Å². The monoisotopic (exact) mass is 401 g/mol. The van der Waals surface area contributed by atoms with Gasteiger partial charge in [-0.05, 0) is 31.0 Å². The Bertz CT molecular complexity index is 835. The second-order valence-electron chi connectivity index (χ2n) is 6.87. The first-order chi connectivity index (χ1) is 13.5. The maximum Gasteiger partial charge on any atom is 0.255 e. The molecule has 0 unspecified atom stereocenters. The molecule has 1 fully saturated rings. The van der Waals surface area contributed by atoms with Gasteiger partial charge in [0.1, 0.15) is 12.4 Å². The van der Waals surface area contributed by atoms with Crippen molar-refractivity contribution >= 4 is 23.4 Å². The molecule has 0 saturated carbocycles. The number of para-hydroxylation sites is 1. The van der Waals surface area contributed by atoms with Gasteiger partial charge in [-0.25, -0.2) is 0 Å². The molecule has 0 aliphatic carbocycles. The van der Waals surface area contributed by atoms with E-state index in [4.69, 9.17) is 22.1 Å². The highest BCUT2D eigenvalue weighted by Crippen LogP contribution is 2.22. The highest BCUT2D eigenvalue weighted by molar-refractivity contribution is 6.31. The van der Waals surface area contributed by atoms with E-state index in [0.717, 1.165) is 31.5 Å². The summed E-state index contributed by atoms with van der Waals surface area (Å²) in [6.07, 6.45) is 1.56. The van der Waals surface area contributed by atoms with E-state index in [1.165, 1.54) is 0 Å². The van der Waals surface area contributed by atoms with E-state index in [-0.39, 0.29) is 31.0 Å². The maximum absolute atomic E-state index is 12.8. The number of amides is 2. The first-order valence-electron chi connectivity index (χ1n) is 9.29. The van der Waals surface area contributed by atoms with Crippen LogP contribution in [0.2, 0.25) is 5.02 Å². The zero-order valence-corrected chi connectivity index (χ0v) is 16.3. The van der Waals surface area contributed by atoms with Crippen LogP contribution in [0.5, 0.6) is 5.75 Å². The molecule has 0 radical (unpaired) electrons. The molecule has 1 aliphatic heterocycles. The summed E-state index contributed by atoms with van der Waals surface area (Å²) in [5.74, 6) is 0.0290. The van der Waals surface area contributed by atoms with Gasteiger partial charge in [-0.2, -0.15) is 0 Å². The van der Waals surface area contributed by atoms with Crippen LogP contribution in [0, 0.1) is 0 Å². The van der Waals surface area contributed by atoms with E-state index in [2.05, 4.69) is 5.32 Å². The lowest BCUT2D eigenvalue weighted by molar-refractivity contribution is -0.119. The zero-order chi connectivity index (χ0) is 19.9. The number of rotatable bonds is 7. The molecule has 1 saturated heterocycles. The SMILES string of the molecule is NC(=O)CN1CCC(NC(=O)c2ccccc2OCc2ccccc2Cl)CC1. The first kappa shape index (κ1) is 20.2. The Morgan fingerprint density at radius 2 is 1.79 bits per heavy atom. The second kappa shape index (κ2) is 9.57. The number of halogens is 1. The molecule has 3 N–H and O–H groups in total. The van der Waals surface area contributed by atoms with Crippen LogP contribution in [0.15, 0.2) is 48.5 Å². The summed E-state index contributed by atoms with van der Waals surface area (Å²) in [6.45, 7) is 2.02. The summed E-state index contributed by atoms with van der Waals surface area (Å²) in [5, 5.41) is 3.70. The summed E-state index contributed by atoms with van der Waals surface area (Å²) in [5.41, 5.74) is 6.60. The summed E-state index contributed by atoms with van der Waals surface area (Å²) < 4.78 is 5.87. The van der Waals surface area contributed by atoms with Gasteiger partial charge >= 0.3 is 0 Å². The number of nitrogens with one attached hydrogen (secondary N) is 1. The summed E-state index contributed by atoms with van der Waals surface area (Å²) in [4.78, 5) is 25.8. The van der Waals surface area contributed by atoms with Crippen LogP contribution < -0.4 is 15.8 Å². The van der Waals surface area contributed by atoms with Gasteiger partial charge in [0, 0.05) is 29.7 Å². The van der Waals surface area contributed by atoms with E-state index < -0.39 is 0 Å². The van der Waals surface area contributed by atoms with E-state index in [1.54, 1.807) is 12.1 Å². The minimum Gasteiger partial charge on any atom is -0.488 e. The van der Waals surface area contributed by atoms with Crippen LogP contribution in [0.25, 0.3) is 0 Å². The Hall–Kier alpha value is -2.57. The van der Waals surface area contributed by atoms with Crippen molar-refractivity contribution in [3.05, 3.63) is 64.7 Å². The molecule has 6 nitrogen and oxygen atoms in total. The topological polar surface area (TPSA) is 84.7 Å². The van der Waals surface area contributed by atoms with Crippen molar-refractivity contribution < 1.29 is 14.3 Å². The molecule has 0 bridgehead atoms. The molecule has 2 amide bonds. The smallest absolute Gasteiger partial charge is 0.255 e. The van der Waals surface area contributed by atoms with Crippen molar-refractivity contribution in [3.8, 4) is 5.75 Å². The third-order valence-corrected chi connectivity index (χ3v) is 5.14. The molecule has 148 valence electrons. The summed E-state index contributed by atoms with van der Waals surface area (Å²) >= 11 is 6.17. The van der Waals surface area contributed by atoms with Crippen LogP contribution in [0.1, 0.15) is 28.8 Å². The zero-order valence-electron chi connectivity index (χ0n) is 15.6. The van der Waals surface area contributed by atoms with Crippen LogP contribution in [-0.4, -0.2) is 42.4 Å². The van der Waals surface area contributed by atoms with E-state index in [9.17, 15) is 9.59 Å². The third kappa shape index (κ3) is 5.47. The quantitative estimate of drug-likeness (QED) is 0.746. The molecule has 0 spiro atoms. The molecular weight excluding hydrogens is 378 g/mol. The lowest BCUT2D eigenvalue weighted by Gasteiger charge is -2.31. The van der Waals surface area contributed by atoms with Gasteiger partial charge in [-0.3, -0.25) is 14.5 Å². The molecule has 3 rings (SSSR count). The normalized spacial score (nSPS) is 15.2. The van der Waals surface area contributed by atoms with Crippen molar-refractivity contribution in [2.45, 2.75) is 25.5 Å². The van der Waals surface area contributed by atoms with E-state index in [1.807, 2.05) is 41.3 Å². The van der Waals surface area contributed by atoms with Crippen molar-refractivity contribution in [2.24, 2.45) is 5.73 Å². The minimum absolute atomic E-state index is 0.0632. The van der Waals surface area contributed by atoms with Crippen molar-refractivity contribution in [3.63, 3.8) is 0 Å². The highest BCUT2D eigenvalue weighted by atomic mass is 35.5. The van der Waals surface area contributed by atoms with Crippen LogP contribution >= 0.6 is 11.6 Å². The fourth-order valence-electron chi connectivity index (χ4n) is 3.27. The number of piperidine rings is 1. The lowest BCUT2D eigenvalue weighted by Crippen LogP contribution is -2.46. The van der Waals surface area contributed by atoms with Gasteiger partial charge in [0.15, 0.2) is 0 Å². The number of hydrogen-bond donors (Lipinski definition) is 2. The predicted octanol–water partition coefficient (Wildman–Crippen LogP) is 2.60. The Balaban J connectivity index is 1.59.